The average molecular weight is 888 g/mol. The molecule has 0 aromatic heterocycles. The molecule has 14 nitrogen and oxygen atoms in total. The van der Waals surface area contributed by atoms with Gasteiger partial charge in [0.15, 0.2) is 23.0 Å². The lowest BCUT2D eigenvalue weighted by Gasteiger charge is -2.25. The van der Waals surface area contributed by atoms with Gasteiger partial charge in [0.2, 0.25) is 0 Å². The van der Waals surface area contributed by atoms with Crippen LogP contribution in [0.4, 0.5) is 0 Å². The summed E-state index contributed by atoms with van der Waals surface area (Å²) in [6, 6.07) is 10.4. The lowest BCUT2D eigenvalue weighted by molar-refractivity contribution is 0.0443. The Bertz CT molecular complexity index is 2380. The maximum atomic E-state index is 12.9. The molecule has 0 unspecified atom stereocenters. The Morgan fingerprint density at radius 3 is 1.53 bits per heavy atom. The second-order valence-corrected chi connectivity index (χ2v) is 16.0. The van der Waals surface area contributed by atoms with Crippen molar-refractivity contribution in [3.05, 3.63) is 89.9 Å². The lowest BCUT2D eigenvalue weighted by Crippen LogP contribution is -2.16. The van der Waals surface area contributed by atoms with Crippen LogP contribution in [0.3, 0.4) is 0 Å². The maximum absolute atomic E-state index is 12.9. The van der Waals surface area contributed by atoms with E-state index in [-0.39, 0.29) is 87.7 Å². The van der Waals surface area contributed by atoms with Gasteiger partial charge in [0.05, 0.1) is 49.2 Å². The third-order valence-electron chi connectivity index (χ3n) is 10.3. The van der Waals surface area contributed by atoms with Crippen LogP contribution in [0, 0.1) is 55.3 Å². The summed E-state index contributed by atoms with van der Waals surface area (Å²) in [5.41, 5.74) is 3.63. The van der Waals surface area contributed by atoms with Crippen molar-refractivity contribution in [2.45, 2.75) is 86.7 Å². The molecule has 0 saturated carbocycles. The number of hydrogen-bond acceptors (Lipinski definition) is 14. The monoisotopic (exact) mass is 886 g/mol. The first-order valence-corrected chi connectivity index (χ1v) is 19.9. The normalized spacial score (nSPS) is 13.9. The van der Waals surface area contributed by atoms with E-state index in [0.717, 1.165) is 0 Å². The van der Waals surface area contributed by atoms with E-state index in [0.29, 0.717) is 61.8 Å². The summed E-state index contributed by atoms with van der Waals surface area (Å²) in [7, 11) is 2.80. The van der Waals surface area contributed by atoms with Gasteiger partial charge in [-0.05, 0) is 102 Å². The number of nitrogens with zero attached hydrogens (tertiary/aromatic N) is 2. The highest BCUT2D eigenvalue weighted by molar-refractivity contribution is 9.10. The first-order valence-electron chi connectivity index (χ1n) is 19.1. The summed E-state index contributed by atoms with van der Waals surface area (Å²) in [6.07, 6.45) is -0.712. The number of halogens is 1. The SMILES string of the molecule is COc1c([C@@H](O)CC(C)C)ccc2c1C(=O)OCc1c(Br)c(C)c(C#N)c(O)c1O2.COc1c([C@@H](O)CC(C)C)ccc2c1C(=O)OCc1c(C#N)c(C)c(C)c(O)c1O2. The first kappa shape index (κ1) is 45.1. The summed E-state index contributed by atoms with van der Waals surface area (Å²) >= 11 is 3.40. The molecule has 15 heteroatoms. The summed E-state index contributed by atoms with van der Waals surface area (Å²) < 4.78 is 34.2. The molecule has 0 saturated heterocycles. The molecular weight excluding hydrogens is 840 g/mol. The molecule has 2 aliphatic rings. The van der Waals surface area contributed by atoms with Crippen molar-refractivity contribution in [1.29, 1.82) is 10.5 Å². The van der Waals surface area contributed by atoms with Crippen LogP contribution in [-0.2, 0) is 22.7 Å². The summed E-state index contributed by atoms with van der Waals surface area (Å²) in [4.78, 5) is 25.7. The predicted octanol–water partition coefficient (Wildman–Crippen LogP) is 9.32. The molecule has 0 amide bonds. The lowest BCUT2D eigenvalue weighted by atomic mass is 9.95. The molecule has 4 N–H and O–H groups in total. The standard InChI is InChI=1S/C23H25NO6.C22H22BrNO6/c1-11(2)8-17(25)14-6-7-18-19(21(14)28-5)23(27)29-10-16-15(9-24)12(3)13(4)20(26)22(16)30-18;1-10(2)7-15(25)12-5-6-16-17(20(12)28-4)22(27)29-9-14-18(23)11(3)13(8-24)19(26)21(14)30-16/h6-7,11,17,25-26H,8,10H2,1-5H3;5-6,10,15,25-26H,7,9H2,1-4H3/t17-;15-/m00/s1. The number of nitriles is 2. The van der Waals surface area contributed by atoms with Crippen LogP contribution in [0.5, 0.6) is 46.0 Å². The average Bonchev–Trinajstić information content (AvgIpc) is 3.19. The minimum Gasteiger partial charge on any atom is -0.504 e. The number of aromatic hydroxyl groups is 2. The number of methoxy groups -OCH3 is 2. The van der Waals surface area contributed by atoms with Gasteiger partial charge in [-0.2, -0.15) is 10.5 Å². The van der Waals surface area contributed by atoms with Gasteiger partial charge in [0, 0.05) is 15.6 Å². The third-order valence-corrected chi connectivity index (χ3v) is 11.4. The number of hydrogen-bond donors (Lipinski definition) is 4. The molecule has 0 spiro atoms. The number of phenols is 2. The maximum Gasteiger partial charge on any atom is 0.346 e. The second kappa shape index (κ2) is 18.5. The summed E-state index contributed by atoms with van der Waals surface area (Å²) in [5.74, 6) is -0.762. The highest BCUT2D eigenvalue weighted by Crippen LogP contribution is 2.49. The van der Waals surface area contributed by atoms with Crippen LogP contribution in [0.15, 0.2) is 28.7 Å². The molecule has 60 heavy (non-hydrogen) atoms. The topological polar surface area (TPSA) is 218 Å². The van der Waals surface area contributed by atoms with Crippen molar-refractivity contribution in [1.82, 2.24) is 0 Å². The predicted molar refractivity (Wildman–Crippen MR) is 221 cm³/mol. The fourth-order valence-corrected chi connectivity index (χ4v) is 7.62. The van der Waals surface area contributed by atoms with Gasteiger partial charge in [-0.1, -0.05) is 27.7 Å². The number of phenolic OH excluding ortho intramolecular Hbond substituents is 2. The molecule has 0 fully saturated rings. The molecule has 4 aromatic rings. The van der Waals surface area contributed by atoms with Crippen LogP contribution < -0.4 is 18.9 Å². The van der Waals surface area contributed by atoms with E-state index in [4.69, 9.17) is 28.4 Å². The van der Waals surface area contributed by atoms with E-state index >= 15 is 0 Å². The van der Waals surface area contributed by atoms with Crippen LogP contribution in [0.1, 0.15) is 124 Å². The number of carbonyl (C=O) groups excluding carboxylic acids is 2. The molecule has 6 rings (SSSR count). The number of carbonyl (C=O) groups is 2. The zero-order chi connectivity index (χ0) is 44.3. The van der Waals surface area contributed by atoms with E-state index in [1.165, 1.54) is 26.4 Å². The van der Waals surface area contributed by atoms with Crippen LogP contribution in [0.2, 0.25) is 0 Å². The number of esters is 2. The largest absolute Gasteiger partial charge is 0.504 e. The van der Waals surface area contributed by atoms with Crippen LogP contribution in [0.25, 0.3) is 0 Å². The minimum absolute atomic E-state index is 0.0121. The highest BCUT2D eigenvalue weighted by atomic mass is 79.9. The second-order valence-electron chi connectivity index (χ2n) is 15.2. The van der Waals surface area contributed by atoms with Gasteiger partial charge in [0.25, 0.3) is 0 Å². The summed E-state index contributed by atoms with van der Waals surface area (Å²) in [6.45, 7) is 12.6. The minimum atomic E-state index is -0.842. The van der Waals surface area contributed by atoms with Crippen molar-refractivity contribution in [2.75, 3.05) is 14.2 Å². The van der Waals surface area contributed by atoms with Gasteiger partial charge in [-0.25, -0.2) is 9.59 Å². The number of fused-ring (bicyclic) bond motifs is 4. The molecule has 0 aliphatic carbocycles. The number of ether oxygens (including phenoxy) is 6. The van der Waals surface area contributed by atoms with Gasteiger partial charge in [0.1, 0.15) is 59.0 Å². The van der Waals surface area contributed by atoms with E-state index in [2.05, 4.69) is 22.0 Å². The Morgan fingerprint density at radius 1 is 0.683 bits per heavy atom. The van der Waals surface area contributed by atoms with Gasteiger partial charge in [-0.15, -0.1) is 0 Å². The Morgan fingerprint density at radius 2 is 1.12 bits per heavy atom. The fraction of sp³-hybridized carbons (Fsp3) is 0.378. The van der Waals surface area contributed by atoms with Crippen molar-refractivity contribution < 1.29 is 58.4 Å². The van der Waals surface area contributed by atoms with E-state index in [9.17, 15) is 40.5 Å². The number of benzene rings is 4. The molecule has 316 valence electrons. The van der Waals surface area contributed by atoms with Crippen LogP contribution in [-0.4, -0.2) is 46.6 Å². The molecular formula is C45H47BrN2O12. The first-order chi connectivity index (χ1) is 28.4. The summed E-state index contributed by atoms with van der Waals surface area (Å²) in [5, 5.41) is 61.5. The van der Waals surface area contributed by atoms with E-state index in [1.807, 2.05) is 33.8 Å². The van der Waals surface area contributed by atoms with Gasteiger partial charge >= 0.3 is 11.9 Å². The van der Waals surface area contributed by atoms with Crippen molar-refractivity contribution in [3.63, 3.8) is 0 Å². The number of rotatable bonds is 8. The van der Waals surface area contributed by atoms with Crippen molar-refractivity contribution >= 4 is 27.9 Å². The highest BCUT2D eigenvalue weighted by Gasteiger charge is 2.34. The van der Waals surface area contributed by atoms with Crippen molar-refractivity contribution in [2.24, 2.45) is 11.8 Å². The third kappa shape index (κ3) is 8.52. The number of aliphatic hydroxyl groups excluding tert-OH is 2. The Hall–Kier alpha value is -6.00. The van der Waals surface area contributed by atoms with E-state index < -0.39 is 24.1 Å². The van der Waals surface area contributed by atoms with Gasteiger partial charge < -0.3 is 48.8 Å². The molecule has 0 bridgehead atoms. The molecule has 2 atom stereocenters. The zero-order valence-corrected chi connectivity index (χ0v) is 36.4. The van der Waals surface area contributed by atoms with Crippen LogP contribution >= 0.6 is 15.9 Å². The zero-order valence-electron chi connectivity index (χ0n) is 34.8. The molecule has 2 heterocycles. The molecule has 0 radical (unpaired) electrons. The Kier molecular flexibility index (Phi) is 13.9. The number of aliphatic hydroxyl groups is 2. The number of cyclic esters (lactones) is 2. The molecule has 4 aromatic carbocycles. The Balaban J connectivity index is 0.000000228. The van der Waals surface area contributed by atoms with Crippen molar-refractivity contribution in [3.8, 4) is 58.1 Å². The smallest absolute Gasteiger partial charge is 0.346 e. The molecule has 2 aliphatic heterocycles. The van der Waals surface area contributed by atoms with Gasteiger partial charge in [-0.3, -0.25) is 0 Å². The Labute approximate surface area is 356 Å². The quantitative estimate of drug-likeness (QED) is 0.121. The van der Waals surface area contributed by atoms with E-state index in [1.54, 1.807) is 32.9 Å². The fourth-order valence-electron chi connectivity index (χ4n) is 7.13.